The van der Waals surface area contributed by atoms with E-state index >= 15 is 0 Å². The van der Waals surface area contributed by atoms with E-state index in [1.165, 1.54) is 11.8 Å². The quantitative estimate of drug-likeness (QED) is 0.186. The minimum Gasteiger partial charge on any atom is -0.493 e. The van der Waals surface area contributed by atoms with Crippen molar-refractivity contribution in [1.82, 2.24) is 9.66 Å². The lowest BCUT2D eigenvalue weighted by Gasteiger charge is -2.15. The fourth-order valence-corrected chi connectivity index (χ4v) is 4.60. The van der Waals surface area contributed by atoms with E-state index in [2.05, 4.69) is 21.0 Å². The van der Waals surface area contributed by atoms with Gasteiger partial charge in [0.15, 0.2) is 11.5 Å². The van der Waals surface area contributed by atoms with Crippen molar-refractivity contribution in [3.05, 3.63) is 95.4 Å². The van der Waals surface area contributed by atoms with Gasteiger partial charge in [-0.2, -0.15) is 9.78 Å². The van der Waals surface area contributed by atoms with Crippen molar-refractivity contribution in [2.75, 3.05) is 7.11 Å². The first-order chi connectivity index (χ1) is 17.7. The molecule has 4 rings (SSSR count). The van der Waals surface area contributed by atoms with E-state index in [4.69, 9.17) is 49.3 Å². The number of ether oxygens (including phenoxy) is 2. The van der Waals surface area contributed by atoms with Crippen LogP contribution in [0.25, 0.3) is 10.9 Å². The van der Waals surface area contributed by atoms with Crippen LogP contribution in [-0.4, -0.2) is 23.0 Å². The number of benzene rings is 3. The molecule has 0 fully saturated rings. The molecular formula is C27H23BrCl3N3O3. The molecule has 0 amide bonds. The van der Waals surface area contributed by atoms with Gasteiger partial charge in [0.2, 0.25) is 0 Å². The summed E-state index contributed by atoms with van der Waals surface area (Å²) in [6, 6.07) is 14.1. The van der Waals surface area contributed by atoms with Crippen LogP contribution >= 0.6 is 50.7 Å². The maximum absolute atomic E-state index is 13.4. The average molecular weight is 624 g/mol. The summed E-state index contributed by atoms with van der Waals surface area (Å²) in [5.41, 5.74) is 1.83. The predicted molar refractivity (Wildman–Crippen MR) is 154 cm³/mol. The molecule has 0 aliphatic rings. The third-order valence-corrected chi connectivity index (χ3v) is 7.34. The Balaban J connectivity index is 1.69. The van der Waals surface area contributed by atoms with E-state index in [1.807, 2.05) is 32.0 Å². The van der Waals surface area contributed by atoms with E-state index in [1.54, 1.807) is 36.5 Å². The van der Waals surface area contributed by atoms with Crippen LogP contribution < -0.4 is 15.0 Å². The Kier molecular flexibility index (Phi) is 8.80. The van der Waals surface area contributed by atoms with Gasteiger partial charge in [0.1, 0.15) is 12.4 Å². The van der Waals surface area contributed by atoms with Crippen molar-refractivity contribution in [3.63, 3.8) is 0 Å². The van der Waals surface area contributed by atoms with Gasteiger partial charge in [0.25, 0.3) is 5.56 Å². The van der Waals surface area contributed by atoms with Gasteiger partial charge in [-0.3, -0.25) is 4.79 Å². The smallest absolute Gasteiger partial charge is 0.282 e. The number of methoxy groups -OCH3 is 1. The highest BCUT2D eigenvalue weighted by molar-refractivity contribution is 9.10. The molecule has 0 spiro atoms. The van der Waals surface area contributed by atoms with Gasteiger partial charge in [-0.15, -0.1) is 0 Å². The third-order valence-electron chi connectivity index (χ3n) is 5.83. The Morgan fingerprint density at radius 1 is 1.08 bits per heavy atom. The predicted octanol–water partition coefficient (Wildman–Crippen LogP) is 8.10. The molecule has 0 unspecified atom stereocenters. The first-order valence-corrected chi connectivity index (χ1v) is 13.3. The molecule has 10 heteroatoms. The Bertz CT molecular complexity index is 1560. The van der Waals surface area contributed by atoms with Crippen LogP contribution in [0.1, 0.15) is 43.1 Å². The van der Waals surface area contributed by atoms with Crippen LogP contribution in [0.15, 0.2) is 62.9 Å². The fourth-order valence-electron chi connectivity index (χ4n) is 3.64. The maximum Gasteiger partial charge on any atom is 0.282 e. The second kappa shape index (κ2) is 11.9. The number of nitrogens with zero attached hydrogens (tertiary/aromatic N) is 3. The van der Waals surface area contributed by atoms with Gasteiger partial charge in [-0.1, -0.05) is 70.6 Å². The summed E-state index contributed by atoms with van der Waals surface area (Å²) in [5, 5.41) is 6.21. The van der Waals surface area contributed by atoms with Gasteiger partial charge in [0.05, 0.1) is 39.3 Å². The number of hydrogen-bond acceptors (Lipinski definition) is 5. The summed E-state index contributed by atoms with van der Waals surface area (Å²) in [6.45, 7) is 4.27. The molecule has 4 aromatic rings. The topological polar surface area (TPSA) is 65.7 Å². The number of aromatic nitrogens is 2. The van der Waals surface area contributed by atoms with E-state index in [0.717, 1.165) is 16.5 Å². The lowest BCUT2D eigenvalue weighted by Crippen LogP contribution is -2.23. The number of halogens is 4. The van der Waals surface area contributed by atoms with Crippen LogP contribution in [0.3, 0.4) is 0 Å². The highest BCUT2D eigenvalue weighted by atomic mass is 79.9. The third kappa shape index (κ3) is 6.12. The molecule has 0 bridgehead atoms. The molecule has 1 heterocycles. The van der Waals surface area contributed by atoms with Gasteiger partial charge >= 0.3 is 0 Å². The lowest BCUT2D eigenvalue weighted by molar-refractivity contribution is 0.284. The van der Waals surface area contributed by atoms with E-state index in [9.17, 15) is 4.79 Å². The van der Waals surface area contributed by atoms with Crippen LogP contribution in [0, 0.1) is 0 Å². The van der Waals surface area contributed by atoms with Gasteiger partial charge < -0.3 is 9.47 Å². The summed E-state index contributed by atoms with van der Waals surface area (Å²) < 4.78 is 13.6. The zero-order valence-corrected chi connectivity index (χ0v) is 24.1. The number of rotatable bonds is 8. The highest BCUT2D eigenvalue weighted by Gasteiger charge is 2.16. The normalized spacial score (nSPS) is 12.3. The lowest BCUT2D eigenvalue weighted by atomic mass is 10.1. The van der Waals surface area contributed by atoms with Crippen molar-refractivity contribution >= 4 is 67.9 Å². The molecule has 6 nitrogen and oxygen atoms in total. The Morgan fingerprint density at radius 3 is 2.57 bits per heavy atom. The summed E-state index contributed by atoms with van der Waals surface area (Å²) in [5.74, 6) is 1.40. The zero-order chi connectivity index (χ0) is 26.7. The van der Waals surface area contributed by atoms with Crippen molar-refractivity contribution in [2.45, 2.75) is 32.8 Å². The molecule has 1 aromatic heterocycles. The molecule has 0 saturated heterocycles. The SMILES string of the molecule is CC[C@H](C)c1nc2ccc(Br)cc2c(=O)n1N=Cc1cc(Cl)c(OCc2ccc(Cl)c(Cl)c2)c(OC)c1. The molecule has 0 aliphatic carbocycles. The van der Waals surface area contributed by atoms with Crippen LogP contribution in [0.5, 0.6) is 11.5 Å². The van der Waals surface area contributed by atoms with E-state index in [-0.39, 0.29) is 18.1 Å². The van der Waals surface area contributed by atoms with Crippen LogP contribution in [-0.2, 0) is 6.61 Å². The Labute approximate surface area is 237 Å². The average Bonchev–Trinajstić information content (AvgIpc) is 2.88. The standard InChI is InChI=1S/C27H23BrCl3N3O3/c1-4-15(2)26-33-23-8-6-18(28)12-19(23)27(35)34(26)32-13-17-10-22(31)25(24(11-17)36-3)37-14-16-5-7-20(29)21(30)9-16/h5-13,15H,4,14H2,1-3H3/t15-/m0/s1. The molecule has 1 atom stereocenters. The van der Waals surface area contributed by atoms with Crippen LogP contribution in [0.4, 0.5) is 0 Å². The number of hydrogen-bond donors (Lipinski definition) is 0. The summed E-state index contributed by atoms with van der Waals surface area (Å²) >= 11 is 22.1. The molecule has 0 N–H and O–H groups in total. The maximum atomic E-state index is 13.4. The van der Waals surface area contributed by atoms with Gasteiger partial charge in [0, 0.05) is 10.4 Å². The Morgan fingerprint density at radius 2 is 1.86 bits per heavy atom. The van der Waals surface area contributed by atoms with Gasteiger partial charge in [-0.25, -0.2) is 4.98 Å². The molecular weight excluding hydrogens is 601 g/mol. The minimum atomic E-state index is -0.252. The molecule has 37 heavy (non-hydrogen) atoms. The van der Waals surface area contributed by atoms with Crippen molar-refractivity contribution in [1.29, 1.82) is 0 Å². The molecule has 192 valence electrons. The summed E-state index contributed by atoms with van der Waals surface area (Å²) in [7, 11) is 1.52. The van der Waals surface area contributed by atoms with Crippen molar-refractivity contribution in [2.24, 2.45) is 5.10 Å². The van der Waals surface area contributed by atoms with Crippen LogP contribution in [0.2, 0.25) is 15.1 Å². The zero-order valence-electron chi connectivity index (χ0n) is 20.3. The van der Waals surface area contributed by atoms with E-state index < -0.39 is 0 Å². The molecule has 0 radical (unpaired) electrons. The highest BCUT2D eigenvalue weighted by Crippen LogP contribution is 2.37. The largest absolute Gasteiger partial charge is 0.493 e. The second-order valence-corrected chi connectivity index (χ2v) is 10.5. The Hall–Kier alpha value is -2.58. The first-order valence-electron chi connectivity index (χ1n) is 11.4. The first kappa shape index (κ1) is 27.5. The van der Waals surface area contributed by atoms with Crippen molar-refractivity contribution < 1.29 is 9.47 Å². The summed E-state index contributed by atoms with van der Waals surface area (Å²) in [6.07, 6.45) is 2.35. The van der Waals surface area contributed by atoms with Crippen molar-refractivity contribution in [3.8, 4) is 11.5 Å². The molecule has 0 aliphatic heterocycles. The second-order valence-electron chi connectivity index (χ2n) is 8.37. The fraction of sp³-hybridized carbons (Fsp3) is 0.222. The number of fused-ring (bicyclic) bond motifs is 1. The van der Waals surface area contributed by atoms with E-state index in [0.29, 0.717) is 48.9 Å². The molecule has 0 saturated carbocycles. The monoisotopic (exact) mass is 621 g/mol. The summed E-state index contributed by atoms with van der Waals surface area (Å²) in [4.78, 5) is 18.1. The minimum absolute atomic E-state index is 0.0215. The van der Waals surface area contributed by atoms with Gasteiger partial charge in [-0.05, 0) is 60.0 Å². The molecule has 3 aromatic carbocycles.